The Hall–Kier alpha value is -1.43. The van der Waals surface area contributed by atoms with Crippen LogP contribution in [-0.2, 0) is 16.0 Å². The topological polar surface area (TPSA) is 62.3 Å². The molecule has 1 saturated carbocycles. The van der Waals surface area contributed by atoms with Crippen molar-refractivity contribution >= 4 is 23.2 Å². The van der Waals surface area contributed by atoms with Crippen LogP contribution < -0.4 is 5.32 Å². The predicted octanol–water partition coefficient (Wildman–Crippen LogP) is 2.07. The average Bonchev–Trinajstić information content (AvgIpc) is 3.33. The largest absolute Gasteiger partial charge is 0.355 e. The lowest BCUT2D eigenvalue weighted by molar-refractivity contribution is -0.136. The van der Waals surface area contributed by atoms with Gasteiger partial charge in [0.25, 0.3) is 0 Å². The Morgan fingerprint density at radius 1 is 1.26 bits per heavy atom. The molecule has 126 valence electrons. The number of rotatable bonds is 5. The smallest absolute Gasteiger partial charge is 0.225 e. The van der Waals surface area contributed by atoms with Gasteiger partial charge in [-0.05, 0) is 39.5 Å². The number of hydrogen-bond donors (Lipinski definition) is 1. The molecule has 6 heteroatoms. The minimum Gasteiger partial charge on any atom is -0.355 e. The van der Waals surface area contributed by atoms with E-state index in [2.05, 4.69) is 10.3 Å². The van der Waals surface area contributed by atoms with Crippen LogP contribution in [0.25, 0.3) is 0 Å². The Kier molecular flexibility index (Phi) is 4.99. The third-order valence-electron chi connectivity index (χ3n) is 4.68. The van der Waals surface area contributed by atoms with E-state index in [0.29, 0.717) is 13.1 Å². The number of piperidine rings is 1. The van der Waals surface area contributed by atoms with Gasteiger partial charge in [-0.3, -0.25) is 9.59 Å². The first-order chi connectivity index (χ1) is 11.0. The van der Waals surface area contributed by atoms with Gasteiger partial charge in [-0.2, -0.15) is 0 Å². The lowest BCUT2D eigenvalue weighted by atomic mass is 9.96. The van der Waals surface area contributed by atoms with Crippen molar-refractivity contribution in [3.8, 4) is 0 Å². The molecule has 2 aliphatic rings. The average molecular weight is 335 g/mol. The van der Waals surface area contributed by atoms with Crippen LogP contribution in [0.15, 0.2) is 0 Å². The summed E-state index contributed by atoms with van der Waals surface area (Å²) < 4.78 is 0. The maximum atomic E-state index is 12.4. The summed E-state index contributed by atoms with van der Waals surface area (Å²) in [5.41, 5.74) is 1.07. The number of hydrogen-bond acceptors (Lipinski definition) is 4. The van der Waals surface area contributed by atoms with E-state index < -0.39 is 0 Å². The summed E-state index contributed by atoms with van der Waals surface area (Å²) in [4.78, 5) is 32.1. The van der Waals surface area contributed by atoms with Crippen molar-refractivity contribution in [1.82, 2.24) is 15.2 Å². The van der Waals surface area contributed by atoms with Gasteiger partial charge in [0.15, 0.2) is 0 Å². The molecule has 1 N–H and O–H groups in total. The van der Waals surface area contributed by atoms with Crippen molar-refractivity contribution in [2.75, 3.05) is 19.6 Å². The van der Waals surface area contributed by atoms with Gasteiger partial charge in [-0.1, -0.05) is 0 Å². The zero-order chi connectivity index (χ0) is 16.4. The van der Waals surface area contributed by atoms with Crippen LogP contribution in [0.1, 0.15) is 41.3 Å². The van der Waals surface area contributed by atoms with Crippen LogP contribution in [-0.4, -0.2) is 41.3 Å². The molecule has 1 atom stereocenters. The van der Waals surface area contributed by atoms with Crippen molar-refractivity contribution < 1.29 is 9.59 Å². The summed E-state index contributed by atoms with van der Waals surface area (Å²) >= 11 is 1.70. The fourth-order valence-electron chi connectivity index (χ4n) is 3.23. The molecule has 1 unspecified atom stereocenters. The molecule has 1 aromatic heterocycles. The Labute approximate surface area is 141 Å². The first-order valence-corrected chi connectivity index (χ1v) is 9.35. The molecule has 2 fully saturated rings. The molecule has 2 amide bonds. The molecule has 0 bridgehead atoms. The van der Waals surface area contributed by atoms with Crippen LogP contribution in [0.3, 0.4) is 0 Å². The predicted molar refractivity (Wildman–Crippen MR) is 90.3 cm³/mol. The summed E-state index contributed by atoms with van der Waals surface area (Å²) in [7, 11) is 0. The van der Waals surface area contributed by atoms with Gasteiger partial charge in [-0.15, -0.1) is 11.3 Å². The number of carbonyl (C=O) groups excluding carboxylic acids is 2. The summed E-state index contributed by atoms with van der Waals surface area (Å²) in [6, 6.07) is 0. The van der Waals surface area contributed by atoms with E-state index in [9.17, 15) is 9.59 Å². The fourth-order valence-corrected chi connectivity index (χ4v) is 4.17. The number of amides is 2. The van der Waals surface area contributed by atoms with Crippen molar-refractivity contribution in [2.45, 2.75) is 46.0 Å². The van der Waals surface area contributed by atoms with Gasteiger partial charge < -0.3 is 10.2 Å². The molecule has 3 rings (SSSR count). The van der Waals surface area contributed by atoms with E-state index in [0.717, 1.165) is 49.4 Å². The summed E-state index contributed by atoms with van der Waals surface area (Å²) in [5.74, 6) is 0.556. The molecule has 1 aromatic rings. The number of nitrogens with zero attached hydrogens (tertiary/aromatic N) is 2. The minimum absolute atomic E-state index is 0.0456. The van der Waals surface area contributed by atoms with Crippen LogP contribution in [0.4, 0.5) is 0 Å². The number of nitrogens with one attached hydrogen (secondary N) is 1. The summed E-state index contributed by atoms with van der Waals surface area (Å²) in [6.45, 7) is 6.09. The Bertz CT molecular complexity index is 595. The third-order valence-corrected chi connectivity index (χ3v) is 5.81. The number of likely N-dealkylation sites (tertiary alicyclic amines) is 1. The molecular weight excluding hydrogens is 310 g/mol. The molecule has 23 heavy (non-hydrogen) atoms. The van der Waals surface area contributed by atoms with Gasteiger partial charge in [-0.25, -0.2) is 4.98 Å². The van der Waals surface area contributed by atoms with E-state index >= 15 is 0 Å². The normalized spacial score (nSPS) is 21.3. The first-order valence-electron chi connectivity index (χ1n) is 8.54. The zero-order valence-corrected chi connectivity index (χ0v) is 14.7. The molecule has 1 aliphatic heterocycles. The number of aryl methyl sites for hydroxylation is 2. The molecule has 0 spiro atoms. The lowest BCUT2D eigenvalue weighted by Gasteiger charge is -2.32. The summed E-state index contributed by atoms with van der Waals surface area (Å²) in [5, 5.41) is 4.12. The van der Waals surface area contributed by atoms with Gasteiger partial charge in [0.1, 0.15) is 0 Å². The van der Waals surface area contributed by atoms with Crippen LogP contribution in [0, 0.1) is 25.7 Å². The van der Waals surface area contributed by atoms with Crippen molar-refractivity contribution in [2.24, 2.45) is 11.8 Å². The Morgan fingerprint density at radius 2 is 2.04 bits per heavy atom. The fraction of sp³-hybridized carbons (Fsp3) is 0.706. The number of aromatic nitrogens is 1. The van der Waals surface area contributed by atoms with Crippen LogP contribution in [0.2, 0.25) is 0 Å². The molecular formula is C17H25N3O2S. The molecule has 0 radical (unpaired) electrons. The van der Waals surface area contributed by atoms with Crippen molar-refractivity contribution in [3.05, 3.63) is 15.6 Å². The zero-order valence-electron chi connectivity index (χ0n) is 13.9. The molecule has 0 aromatic carbocycles. The molecule has 5 nitrogen and oxygen atoms in total. The van der Waals surface area contributed by atoms with Crippen molar-refractivity contribution in [1.29, 1.82) is 0 Å². The Morgan fingerprint density at radius 3 is 2.70 bits per heavy atom. The second kappa shape index (κ2) is 6.99. The highest BCUT2D eigenvalue weighted by molar-refractivity contribution is 7.11. The number of carbonyl (C=O) groups is 2. The van der Waals surface area contributed by atoms with E-state index in [1.807, 2.05) is 18.7 Å². The quantitative estimate of drug-likeness (QED) is 0.896. The second-order valence-corrected chi connectivity index (χ2v) is 7.97. The molecule has 1 aliphatic carbocycles. The minimum atomic E-state index is -0.0456. The standard InChI is InChI=1S/C17H25N3O2S/c1-11-15(23-12(2)19-11)7-8-18-16(21)14-4-3-9-20(10-14)17(22)13-5-6-13/h13-14H,3-10H2,1-2H3,(H,18,21). The maximum absolute atomic E-state index is 12.4. The molecule has 1 saturated heterocycles. The second-order valence-electron chi connectivity index (χ2n) is 6.68. The third kappa shape index (κ3) is 4.10. The number of thiazole rings is 1. The highest BCUT2D eigenvalue weighted by Gasteiger charge is 2.36. The highest BCUT2D eigenvalue weighted by Crippen LogP contribution is 2.32. The van der Waals surface area contributed by atoms with Gasteiger partial charge in [0, 0.05) is 36.9 Å². The van der Waals surface area contributed by atoms with Crippen molar-refractivity contribution in [3.63, 3.8) is 0 Å². The first kappa shape index (κ1) is 16.4. The highest BCUT2D eigenvalue weighted by atomic mass is 32.1. The summed E-state index contributed by atoms with van der Waals surface area (Å²) in [6.07, 6.45) is 4.71. The van der Waals surface area contributed by atoms with E-state index in [1.54, 1.807) is 11.3 Å². The monoisotopic (exact) mass is 335 g/mol. The van der Waals surface area contributed by atoms with Gasteiger partial charge in [0.05, 0.1) is 16.6 Å². The van der Waals surface area contributed by atoms with Gasteiger partial charge in [0.2, 0.25) is 11.8 Å². The van der Waals surface area contributed by atoms with E-state index in [-0.39, 0.29) is 23.7 Å². The van der Waals surface area contributed by atoms with Crippen LogP contribution >= 0.6 is 11.3 Å². The van der Waals surface area contributed by atoms with E-state index in [4.69, 9.17) is 0 Å². The SMILES string of the molecule is Cc1nc(C)c(CCNC(=O)C2CCCN(C(=O)C3CC3)C2)s1. The Balaban J connectivity index is 1.45. The van der Waals surface area contributed by atoms with Crippen LogP contribution in [0.5, 0.6) is 0 Å². The van der Waals surface area contributed by atoms with E-state index in [1.165, 1.54) is 4.88 Å². The van der Waals surface area contributed by atoms with Gasteiger partial charge >= 0.3 is 0 Å². The maximum Gasteiger partial charge on any atom is 0.225 e. The lowest BCUT2D eigenvalue weighted by Crippen LogP contribution is -2.46. The molecule has 2 heterocycles.